The minimum absolute atomic E-state index is 0.0183. The second-order valence-electron chi connectivity index (χ2n) is 14.2. The first-order valence-corrected chi connectivity index (χ1v) is 17.9. The first-order valence-electron chi connectivity index (χ1n) is 17.5. The first-order chi connectivity index (χ1) is 22.6. The van der Waals surface area contributed by atoms with Crippen molar-refractivity contribution >= 4 is 36.6 Å². The Labute approximate surface area is 284 Å². The molecule has 7 nitrogen and oxygen atoms in total. The summed E-state index contributed by atoms with van der Waals surface area (Å²) in [7, 11) is -0.982. The molecule has 4 aliphatic rings. The molecule has 0 saturated carbocycles. The lowest BCUT2D eigenvalue weighted by molar-refractivity contribution is -0.144. The number of rotatable bonds is 10. The number of carbonyl (C=O) groups excluding carboxylic acids is 2. The van der Waals surface area contributed by atoms with E-state index < -0.39 is 13.0 Å². The number of amides is 2. The van der Waals surface area contributed by atoms with E-state index in [1.165, 1.54) is 16.7 Å². The third kappa shape index (κ3) is 7.26. The van der Waals surface area contributed by atoms with Gasteiger partial charge in [0.25, 0.3) is 0 Å². The molecule has 6 rings (SSSR count). The Morgan fingerprint density at radius 2 is 1.81 bits per heavy atom. The number of piperidine rings is 1. The lowest BCUT2D eigenvalue weighted by Gasteiger charge is -2.44. The van der Waals surface area contributed by atoms with E-state index in [9.17, 15) is 19.7 Å². The summed E-state index contributed by atoms with van der Waals surface area (Å²) >= 11 is 6.44. The molecule has 0 bridgehead atoms. The number of aromatic hydroxyl groups is 1. The number of nitrogens with zero attached hydrogens (tertiary/aromatic N) is 2. The number of phenolic OH excluding ortho intramolecular Hbond substituents is 1. The van der Waals surface area contributed by atoms with E-state index in [-0.39, 0.29) is 47.5 Å². The summed E-state index contributed by atoms with van der Waals surface area (Å²) < 4.78 is 6.26. The maximum Gasteiger partial charge on any atom is 0.455 e. The number of carbonyl (C=O) groups is 2. The van der Waals surface area contributed by atoms with Crippen LogP contribution >= 0.6 is 11.6 Å². The number of imide groups is 1. The SMILES string of the molecule is CCC/C(=C\c1ccc(O)cc1Cl)CC[C@H]1OB(O)C[C@H]2C1=C(C(C)C)C[C@H]1C(=O)N(C3CCN(Cc4ccccc4)CC3)C(=O)[C@H]12. The average molecular weight is 659 g/mol. The Balaban J connectivity index is 1.20. The second-order valence-corrected chi connectivity index (χ2v) is 14.6. The Hall–Kier alpha value is -2.91. The number of halogens is 1. The van der Waals surface area contributed by atoms with Gasteiger partial charge < -0.3 is 14.8 Å². The highest BCUT2D eigenvalue weighted by Gasteiger charge is 2.58. The minimum Gasteiger partial charge on any atom is -0.508 e. The number of likely N-dealkylation sites (tertiary alicyclic amines) is 2. The number of hydrogen-bond acceptors (Lipinski definition) is 6. The summed E-state index contributed by atoms with van der Waals surface area (Å²) in [6, 6.07) is 15.4. The van der Waals surface area contributed by atoms with Crippen LogP contribution in [0, 0.1) is 23.7 Å². The van der Waals surface area contributed by atoms with Crippen molar-refractivity contribution in [3.05, 3.63) is 81.4 Å². The fourth-order valence-corrected chi connectivity index (χ4v) is 8.80. The van der Waals surface area contributed by atoms with E-state index in [1.54, 1.807) is 17.0 Å². The van der Waals surface area contributed by atoms with Crippen LogP contribution < -0.4 is 0 Å². The lowest BCUT2D eigenvalue weighted by Crippen LogP contribution is -2.48. The number of phenols is 1. The molecular weight excluding hydrogens is 611 g/mol. The molecule has 0 aromatic heterocycles. The fourth-order valence-electron chi connectivity index (χ4n) is 8.57. The Morgan fingerprint density at radius 1 is 1.06 bits per heavy atom. The number of hydrogen-bond donors (Lipinski definition) is 2. The standard InChI is InChI=1S/C38H48BClN2O5/c1-4-8-25(19-27-12-13-29(43)20-33(27)40)11-14-34-35-30(24(2)3)21-31-36(32(35)22-39(46)47-34)38(45)42(37(31)44)28-15-17-41(18-16-28)23-26-9-6-5-7-10-26/h5-7,9-10,12-13,19-20,24,28,31-32,34,36,43,46H,4,8,11,14-18,21-23H2,1-3H3/b25-19+/t31-,32+,34-,36-/m1/s1. The molecule has 0 spiro atoms. The molecule has 2 N–H and O–H groups in total. The predicted molar refractivity (Wildman–Crippen MR) is 186 cm³/mol. The zero-order valence-electron chi connectivity index (χ0n) is 27.9. The van der Waals surface area contributed by atoms with Crippen LogP contribution in [-0.4, -0.2) is 64.1 Å². The smallest absolute Gasteiger partial charge is 0.455 e. The highest BCUT2D eigenvalue weighted by molar-refractivity contribution is 6.43. The van der Waals surface area contributed by atoms with Crippen LogP contribution in [-0.2, 0) is 20.8 Å². The summed E-state index contributed by atoms with van der Waals surface area (Å²) in [4.78, 5) is 32.4. The van der Waals surface area contributed by atoms with Gasteiger partial charge in [-0.05, 0) is 91.6 Å². The van der Waals surface area contributed by atoms with E-state index in [1.807, 2.05) is 12.1 Å². The molecule has 3 fully saturated rings. The van der Waals surface area contributed by atoms with E-state index in [0.29, 0.717) is 24.2 Å². The van der Waals surface area contributed by atoms with Crippen molar-refractivity contribution in [3.8, 4) is 5.75 Å². The average Bonchev–Trinajstić information content (AvgIpc) is 3.30. The molecule has 2 aromatic rings. The summed E-state index contributed by atoms with van der Waals surface area (Å²) in [6.45, 7) is 9.06. The molecular formula is C38H48BClN2O5. The molecule has 3 heterocycles. The largest absolute Gasteiger partial charge is 0.508 e. The van der Waals surface area contributed by atoms with Crippen molar-refractivity contribution in [2.75, 3.05) is 13.1 Å². The molecule has 3 saturated heterocycles. The first kappa shape index (κ1) is 34.0. The molecule has 2 aromatic carbocycles. The van der Waals surface area contributed by atoms with Crippen molar-refractivity contribution in [2.45, 2.75) is 90.7 Å². The summed E-state index contributed by atoms with van der Waals surface area (Å²) in [5.74, 6) is -0.739. The van der Waals surface area contributed by atoms with Gasteiger partial charge in [0.05, 0.1) is 23.0 Å². The van der Waals surface area contributed by atoms with Crippen LogP contribution in [0.25, 0.3) is 6.08 Å². The molecule has 0 radical (unpaired) electrons. The quantitative estimate of drug-likeness (QED) is 0.160. The van der Waals surface area contributed by atoms with E-state index in [4.69, 9.17) is 16.3 Å². The van der Waals surface area contributed by atoms with Gasteiger partial charge in [-0.2, -0.15) is 0 Å². The monoisotopic (exact) mass is 658 g/mol. The molecule has 250 valence electrons. The normalized spacial score (nSPS) is 26.0. The van der Waals surface area contributed by atoms with Crippen LogP contribution in [0.3, 0.4) is 0 Å². The summed E-state index contributed by atoms with van der Waals surface area (Å²) in [5, 5.41) is 21.3. The van der Waals surface area contributed by atoms with Crippen LogP contribution in [0.2, 0.25) is 11.3 Å². The van der Waals surface area contributed by atoms with Crippen LogP contribution in [0.5, 0.6) is 5.75 Å². The van der Waals surface area contributed by atoms with Gasteiger partial charge in [-0.1, -0.05) is 86.3 Å². The van der Waals surface area contributed by atoms with Gasteiger partial charge in [-0.3, -0.25) is 19.4 Å². The third-order valence-corrected chi connectivity index (χ3v) is 11.1. The van der Waals surface area contributed by atoms with Gasteiger partial charge in [0, 0.05) is 25.7 Å². The molecule has 0 unspecified atom stereocenters. The Morgan fingerprint density at radius 3 is 2.49 bits per heavy atom. The third-order valence-electron chi connectivity index (χ3n) is 10.8. The van der Waals surface area contributed by atoms with E-state index >= 15 is 0 Å². The number of benzene rings is 2. The summed E-state index contributed by atoms with van der Waals surface area (Å²) in [5.41, 5.74) is 5.72. The van der Waals surface area contributed by atoms with Gasteiger partial charge in [-0.15, -0.1) is 0 Å². The predicted octanol–water partition coefficient (Wildman–Crippen LogP) is 7.13. The van der Waals surface area contributed by atoms with Crippen molar-refractivity contribution in [3.63, 3.8) is 0 Å². The van der Waals surface area contributed by atoms with Crippen LogP contribution in [0.15, 0.2) is 65.3 Å². The second kappa shape index (κ2) is 14.7. The van der Waals surface area contributed by atoms with Crippen molar-refractivity contribution < 1.29 is 24.4 Å². The van der Waals surface area contributed by atoms with E-state index in [0.717, 1.165) is 62.9 Å². The molecule has 1 aliphatic carbocycles. The zero-order valence-corrected chi connectivity index (χ0v) is 28.7. The minimum atomic E-state index is -0.982. The zero-order chi connectivity index (χ0) is 33.2. The van der Waals surface area contributed by atoms with Gasteiger partial charge in [-0.25, -0.2) is 0 Å². The van der Waals surface area contributed by atoms with Crippen LogP contribution in [0.4, 0.5) is 0 Å². The van der Waals surface area contributed by atoms with Crippen molar-refractivity contribution in [1.82, 2.24) is 9.80 Å². The van der Waals surface area contributed by atoms with Gasteiger partial charge in [0.2, 0.25) is 11.8 Å². The fraction of sp³-hybridized carbons (Fsp3) is 0.526. The molecule has 4 atom stereocenters. The highest BCUT2D eigenvalue weighted by Crippen LogP contribution is 2.52. The summed E-state index contributed by atoms with van der Waals surface area (Å²) in [6.07, 6.45) is 7.56. The molecule has 47 heavy (non-hydrogen) atoms. The molecule has 3 aliphatic heterocycles. The Bertz CT molecular complexity index is 1520. The molecule has 2 amide bonds. The Kier molecular flexibility index (Phi) is 10.6. The van der Waals surface area contributed by atoms with E-state index in [2.05, 4.69) is 56.0 Å². The molecule has 9 heteroatoms. The van der Waals surface area contributed by atoms with Crippen molar-refractivity contribution in [1.29, 1.82) is 0 Å². The number of fused-ring (bicyclic) bond motifs is 3. The van der Waals surface area contributed by atoms with Crippen LogP contribution in [0.1, 0.15) is 76.8 Å². The number of allylic oxidation sites excluding steroid dienone is 2. The lowest BCUT2D eigenvalue weighted by atomic mass is 9.57. The van der Waals surface area contributed by atoms with Gasteiger partial charge in [0.15, 0.2) is 0 Å². The van der Waals surface area contributed by atoms with Crippen molar-refractivity contribution in [2.24, 2.45) is 23.7 Å². The van der Waals surface area contributed by atoms with Gasteiger partial charge in [0.1, 0.15) is 5.75 Å². The maximum absolute atomic E-state index is 14.3. The maximum atomic E-state index is 14.3. The highest BCUT2D eigenvalue weighted by atomic mass is 35.5. The van der Waals surface area contributed by atoms with Gasteiger partial charge >= 0.3 is 7.12 Å². The topological polar surface area (TPSA) is 90.3 Å².